The summed E-state index contributed by atoms with van der Waals surface area (Å²) in [5, 5.41) is 3.75. The zero-order chi connectivity index (χ0) is 13.2. The number of alkyl halides is 3. The van der Waals surface area contributed by atoms with Crippen molar-refractivity contribution in [1.82, 2.24) is 4.98 Å². The SMILES string of the molecule is NC(Cc1ccsc1)c1cnccc1C(F)(F)F. The van der Waals surface area contributed by atoms with E-state index in [1.54, 1.807) is 0 Å². The van der Waals surface area contributed by atoms with Crippen LogP contribution in [0.3, 0.4) is 0 Å². The van der Waals surface area contributed by atoms with E-state index in [0.717, 1.165) is 17.8 Å². The molecule has 6 heteroatoms. The highest BCUT2D eigenvalue weighted by atomic mass is 32.1. The lowest BCUT2D eigenvalue weighted by Gasteiger charge is -2.17. The number of hydrogen-bond acceptors (Lipinski definition) is 3. The van der Waals surface area contributed by atoms with Crippen molar-refractivity contribution in [2.24, 2.45) is 5.73 Å². The predicted octanol–water partition coefficient (Wildman–Crippen LogP) is 3.40. The molecule has 2 aromatic rings. The average molecular weight is 272 g/mol. The van der Waals surface area contributed by atoms with E-state index in [9.17, 15) is 13.2 Å². The van der Waals surface area contributed by atoms with Crippen molar-refractivity contribution < 1.29 is 13.2 Å². The van der Waals surface area contributed by atoms with Crippen LogP contribution >= 0.6 is 11.3 Å². The second kappa shape index (κ2) is 5.07. The predicted molar refractivity (Wildman–Crippen MR) is 64.2 cm³/mol. The zero-order valence-corrected chi connectivity index (χ0v) is 10.1. The second-order valence-corrected chi connectivity index (χ2v) is 4.68. The molecule has 0 amide bonds. The van der Waals surface area contributed by atoms with Gasteiger partial charge in [-0.05, 0) is 40.4 Å². The number of hydrogen-bond donors (Lipinski definition) is 1. The van der Waals surface area contributed by atoms with Crippen molar-refractivity contribution in [2.45, 2.75) is 18.6 Å². The van der Waals surface area contributed by atoms with Crippen molar-refractivity contribution in [2.75, 3.05) is 0 Å². The van der Waals surface area contributed by atoms with Crippen LogP contribution in [0, 0.1) is 0 Å². The Morgan fingerprint density at radius 3 is 2.72 bits per heavy atom. The Balaban J connectivity index is 2.27. The van der Waals surface area contributed by atoms with Gasteiger partial charge in [-0.3, -0.25) is 4.98 Å². The Labute approximate surface area is 106 Å². The molecule has 1 unspecified atom stereocenters. The molecule has 1 atom stereocenters. The largest absolute Gasteiger partial charge is 0.416 e. The molecule has 0 saturated heterocycles. The molecular weight excluding hydrogens is 261 g/mol. The van der Waals surface area contributed by atoms with Crippen LogP contribution in [0.25, 0.3) is 0 Å². The Kier molecular flexibility index (Phi) is 3.68. The van der Waals surface area contributed by atoms with Gasteiger partial charge in [-0.1, -0.05) is 0 Å². The third-order valence-corrected chi connectivity index (χ3v) is 3.32. The molecule has 2 rings (SSSR count). The lowest BCUT2D eigenvalue weighted by molar-refractivity contribution is -0.138. The number of aromatic nitrogens is 1. The summed E-state index contributed by atoms with van der Waals surface area (Å²) in [6.07, 6.45) is -1.70. The quantitative estimate of drug-likeness (QED) is 0.930. The van der Waals surface area contributed by atoms with Gasteiger partial charge >= 0.3 is 6.18 Å². The maximum absolute atomic E-state index is 12.8. The summed E-state index contributed by atoms with van der Waals surface area (Å²) >= 11 is 1.49. The monoisotopic (exact) mass is 272 g/mol. The van der Waals surface area contributed by atoms with E-state index < -0.39 is 17.8 Å². The molecule has 0 aliphatic carbocycles. The molecule has 2 N–H and O–H groups in total. The van der Waals surface area contributed by atoms with Crippen LogP contribution in [0.15, 0.2) is 35.3 Å². The fourth-order valence-corrected chi connectivity index (χ4v) is 2.41. The van der Waals surface area contributed by atoms with Crippen LogP contribution in [-0.4, -0.2) is 4.98 Å². The molecule has 0 aliphatic rings. The van der Waals surface area contributed by atoms with Gasteiger partial charge in [0, 0.05) is 18.4 Å². The molecule has 0 spiro atoms. The van der Waals surface area contributed by atoms with Crippen molar-refractivity contribution in [1.29, 1.82) is 0 Å². The van der Waals surface area contributed by atoms with Gasteiger partial charge in [0.15, 0.2) is 0 Å². The van der Waals surface area contributed by atoms with Crippen LogP contribution in [-0.2, 0) is 12.6 Å². The van der Waals surface area contributed by atoms with E-state index in [1.807, 2.05) is 16.8 Å². The second-order valence-electron chi connectivity index (χ2n) is 3.90. The summed E-state index contributed by atoms with van der Waals surface area (Å²) in [5.41, 5.74) is 6.11. The van der Waals surface area contributed by atoms with Crippen LogP contribution < -0.4 is 5.73 Å². The lowest BCUT2D eigenvalue weighted by atomic mass is 9.98. The van der Waals surface area contributed by atoms with Crippen LogP contribution in [0.1, 0.15) is 22.7 Å². The van der Waals surface area contributed by atoms with Gasteiger partial charge in [0.25, 0.3) is 0 Å². The van der Waals surface area contributed by atoms with Crippen molar-refractivity contribution in [3.8, 4) is 0 Å². The van der Waals surface area contributed by atoms with Gasteiger partial charge in [-0.15, -0.1) is 0 Å². The smallest absolute Gasteiger partial charge is 0.324 e. The molecule has 96 valence electrons. The molecule has 2 aromatic heterocycles. The fraction of sp³-hybridized carbons (Fsp3) is 0.250. The molecular formula is C12H11F3N2S. The molecule has 18 heavy (non-hydrogen) atoms. The Morgan fingerprint density at radius 1 is 1.33 bits per heavy atom. The summed E-state index contributed by atoms with van der Waals surface area (Å²) in [6.45, 7) is 0. The van der Waals surface area contributed by atoms with E-state index in [4.69, 9.17) is 5.73 Å². The maximum Gasteiger partial charge on any atom is 0.416 e. The van der Waals surface area contributed by atoms with E-state index in [1.165, 1.54) is 17.5 Å². The van der Waals surface area contributed by atoms with E-state index >= 15 is 0 Å². The molecule has 2 heterocycles. The Hall–Kier alpha value is -1.40. The maximum atomic E-state index is 12.8. The van der Waals surface area contributed by atoms with Crippen LogP contribution in [0.4, 0.5) is 13.2 Å². The summed E-state index contributed by atoms with van der Waals surface area (Å²) in [7, 11) is 0. The summed E-state index contributed by atoms with van der Waals surface area (Å²) in [5.74, 6) is 0. The summed E-state index contributed by atoms with van der Waals surface area (Å²) in [6, 6.07) is 2.11. The molecule has 2 nitrogen and oxygen atoms in total. The topological polar surface area (TPSA) is 38.9 Å². The number of pyridine rings is 1. The zero-order valence-electron chi connectivity index (χ0n) is 9.32. The number of nitrogens with zero attached hydrogens (tertiary/aromatic N) is 1. The highest BCUT2D eigenvalue weighted by Gasteiger charge is 2.34. The van der Waals surface area contributed by atoms with Crippen LogP contribution in [0.2, 0.25) is 0 Å². The van der Waals surface area contributed by atoms with Crippen LogP contribution in [0.5, 0.6) is 0 Å². The third kappa shape index (κ3) is 2.88. The lowest BCUT2D eigenvalue weighted by Crippen LogP contribution is -2.19. The van der Waals surface area contributed by atoms with Crippen molar-refractivity contribution in [3.63, 3.8) is 0 Å². The van der Waals surface area contributed by atoms with Gasteiger partial charge in [-0.25, -0.2) is 0 Å². The average Bonchev–Trinajstić information content (AvgIpc) is 2.80. The minimum atomic E-state index is -4.40. The minimum Gasteiger partial charge on any atom is -0.324 e. The standard InChI is InChI=1S/C12H11F3N2S/c13-12(14,15)10-1-3-17-6-9(10)11(16)5-8-2-4-18-7-8/h1-4,6-7,11H,5,16H2. The van der Waals surface area contributed by atoms with Gasteiger partial charge in [0.1, 0.15) is 0 Å². The first-order valence-corrected chi connectivity index (χ1v) is 6.20. The molecule has 0 bridgehead atoms. The van der Waals surface area contributed by atoms with Gasteiger partial charge in [-0.2, -0.15) is 24.5 Å². The van der Waals surface area contributed by atoms with E-state index in [2.05, 4.69) is 4.98 Å². The third-order valence-electron chi connectivity index (χ3n) is 2.59. The fourth-order valence-electron chi connectivity index (χ4n) is 1.73. The highest BCUT2D eigenvalue weighted by molar-refractivity contribution is 7.07. The number of rotatable bonds is 3. The number of halogens is 3. The Bertz CT molecular complexity index is 508. The molecule has 0 fully saturated rings. The van der Waals surface area contributed by atoms with Gasteiger partial charge < -0.3 is 5.73 Å². The number of nitrogens with two attached hydrogens (primary N) is 1. The first-order valence-electron chi connectivity index (χ1n) is 5.26. The molecule has 0 radical (unpaired) electrons. The van der Waals surface area contributed by atoms with E-state index in [0.29, 0.717) is 6.42 Å². The highest BCUT2D eigenvalue weighted by Crippen LogP contribution is 2.34. The van der Waals surface area contributed by atoms with Crippen molar-refractivity contribution in [3.05, 3.63) is 52.0 Å². The molecule has 0 aliphatic heterocycles. The van der Waals surface area contributed by atoms with Gasteiger partial charge in [0.05, 0.1) is 5.56 Å². The van der Waals surface area contributed by atoms with Crippen molar-refractivity contribution >= 4 is 11.3 Å². The first kappa shape index (κ1) is 13.0. The molecule has 0 saturated carbocycles. The molecule has 0 aromatic carbocycles. The van der Waals surface area contributed by atoms with Gasteiger partial charge in [0.2, 0.25) is 0 Å². The normalized spacial score (nSPS) is 13.6. The summed E-state index contributed by atoms with van der Waals surface area (Å²) in [4.78, 5) is 3.73. The van der Waals surface area contributed by atoms with E-state index in [-0.39, 0.29) is 5.56 Å². The number of thiophene rings is 1. The first-order chi connectivity index (χ1) is 8.48. The minimum absolute atomic E-state index is 0.0381. The summed E-state index contributed by atoms with van der Waals surface area (Å²) < 4.78 is 38.4. The Morgan fingerprint density at radius 2 is 2.11 bits per heavy atom.